The molecule has 1 aromatic heterocycles. The molecule has 1 aromatic rings. The van der Waals surface area contributed by atoms with Crippen LogP contribution in [-0.4, -0.2) is 56.3 Å². The number of nitrogens with zero attached hydrogens (tertiary/aromatic N) is 4. The molecule has 1 unspecified atom stereocenters. The summed E-state index contributed by atoms with van der Waals surface area (Å²) in [6.45, 7) is 6.45. The van der Waals surface area contributed by atoms with Gasteiger partial charge >= 0.3 is 0 Å². The van der Waals surface area contributed by atoms with Crippen LogP contribution < -0.4 is 5.32 Å². The van der Waals surface area contributed by atoms with Gasteiger partial charge in [-0.2, -0.15) is 0 Å². The van der Waals surface area contributed by atoms with E-state index in [0.29, 0.717) is 12.6 Å². The van der Waals surface area contributed by atoms with E-state index in [1.54, 1.807) is 18.3 Å². The summed E-state index contributed by atoms with van der Waals surface area (Å²) in [7, 11) is 1.79. The van der Waals surface area contributed by atoms with Gasteiger partial charge in [0.05, 0.1) is 6.54 Å². The molecule has 0 radical (unpaired) electrons. The molecule has 0 saturated heterocycles. The number of rotatable bonds is 4. The van der Waals surface area contributed by atoms with E-state index >= 15 is 0 Å². The number of nitrogens with one attached hydrogen (secondary N) is 1. The van der Waals surface area contributed by atoms with E-state index in [1.165, 1.54) is 0 Å². The van der Waals surface area contributed by atoms with Crippen LogP contribution >= 0.6 is 0 Å². The van der Waals surface area contributed by atoms with Crippen molar-refractivity contribution in [1.29, 1.82) is 0 Å². The highest BCUT2D eigenvalue weighted by atomic mass is 16.4. The highest BCUT2D eigenvalue weighted by molar-refractivity contribution is 5.84. The lowest BCUT2D eigenvalue weighted by Crippen LogP contribution is -2.41. The van der Waals surface area contributed by atoms with Gasteiger partial charge in [0, 0.05) is 26.6 Å². The lowest BCUT2D eigenvalue weighted by atomic mass is 10.2. The van der Waals surface area contributed by atoms with Crippen molar-refractivity contribution in [3.05, 3.63) is 24.3 Å². The van der Waals surface area contributed by atoms with Crippen molar-refractivity contribution in [2.24, 2.45) is 0 Å². The van der Waals surface area contributed by atoms with Gasteiger partial charge in [-0.05, 0) is 13.8 Å². The predicted octanol–water partition coefficient (Wildman–Crippen LogP) is 0.436. The van der Waals surface area contributed by atoms with E-state index in [0.717, 1.165) is 19.3 Å². The molecular weight excluding hydrogens is 286 g/mol. The fourth-order valence-electron chi connectivity index (χ4n) is 1.98. The Bertz CT molecular complexity index is 534. The number of carbonyl (C=O) groups excluding carboxylic acids is 1. The second kappa shape index (κ2) is 8.28. The first-order chi connectivity index (χ1) is 10.3. The van der Waals surface area contributed by atoms with E-state index in [-0.39, 0.29) is 11.9 Å². The Kier molecular flexibility index (Phi) is 6.71. The van der Waals surface area contributed by atoms with Crippen LogP contribution in [-0.2, 0) is 16.1 Å². The number of hydrogen-bond acceptors (Lipinski definition) is 5. The van der Waals surface area contributed by atoms with Crippen LogP contribution in [0.1, 0.15) is 32.6 Å². The van der Waals surface area contributed by atoms with Crippen LogP contribution in [0.25, 0.3) is 0 Å². The monoisotopic (exact) mass is 309 g/mol. The van der Waals surface area contributed by atoms with Crippen molar-refractivity contribution in [2.45, 2.75) is 39.4 Å². The highest BCUT2D eigenvalue weighted by Crippen LogP contribution is 2.09. The molecule has 0 aliphatic carbocycles. The van der Waals surface area contributed by atoms with Crippen molar-refractivity contribution < 1.29 is 14.7 Å². The minimum absolute atomic E-state index is 0.0575. The van der Waals surface area contributed by atoms with Crippen molar-refractivity contribution >= 4 is 11.9 Å². The molecule has 2 heterocycles. The Hall–Kier alpha value is -2.22. The van der Waals surface area contributed by atoms with E-state index in [2.05, 4.69) is 29.4 Å². The normalized spacial score (nSPS) is 16.3. The fraction of sp³-hybridized carbons (Fsp3) is 0.571. The highest BCUT2D eigenvalue weighted by Gasteiger charge is 2.22. The molecule has 0 aromatic carbocycles. The summed E-state index contributed by atoms with van der Waals surface area (Å²) in [5, 5.41) is 18.5. The maximum Gasteiger partial charge on any atom is 0.300 e. The lowest BCUT2D eigenvalue weighted by Gasteiger charge is -2.21. The first kappa shape index (κ1) is 17.8. The summed E-state index contributed by atoms with van der Waals surface area (Å²) in [6, 6.07) is 0.0911. The van der Waals surface area contributed by atoms with E-state index in [9.17, 15) is 4.79 Å². The van der Waals surface area contributed by atoms with Crippen LogP contribution in [0.3, 0.4) is 0 Å². The Morgan fingerprint density at radius 3 is 2.68 bits per heavy atom. The molecule has 122 valence electrons. The number of aromatic nitrogens is 3. The van der Waals surface area contributed by atoms with Gasteiger partial charge < -0.3 is 14.6 Å². The van der Waals surface area contributed by atoms with E-state index in [4.69, 9.17) is 9.90 Å². The first-order valence-corrected chi connectivity index (χ1v) is 7.05. The van der Waals surface area contributed by atoms with Gasteiger partial charge in [-0.1, -0.05) is 12.2 Å². The summed E-state index contributed by atoms with van der Waals surface area (Å²) < 4.78 is 1.97. The van der Waals surface area contributed by atoms with Crippen LogP contribution in [0, 0.1) is 0 Å². The molecule has 8 nitrogen and oxygen atoms in total. The van der Waals surface area contributed by atoms with Gasteiger partial charge in [-0.15, -0.1) is 10.2 Å². The van der Waals surface area contributed by atoms with Crippen LogP contribution in [0.5, 0.6) is 0 Å². The molecule has 1 atom stereocenters. The molecule has 0 bridgehead atoms. The first-order valence-electron chi connectivity index (χ1n) is 7.05. The van der Waals surface area contributed by atoms with Gasteiger partial charge in [0.1, 0.15) is 12.4 Å². The SMILES string of the molecule is CC(=O)O.CC(C)n1cnnc1CN(C)C(=O)C1C=CCN1. The number of carboxylic acid groups (broad SMARTS) is 1. The zero-order valence-corrected chi connectivity index (χ0v) is 13.4. The molecular formula is C14H23N5O3. The third kappa shape index (κ3) is 5.28. The zero-order valence-electron chi connectivity index (χ0n) is 13.4. The predicted molar refractivity (Wildman–Crippen MR) is 81.1 cm³/mol. The third-order valence-corrected chi connectivity index (χ3v) is 3.01. The van der Waals surface area contributed by atoms with Crippen LogP contribution in [0.4, 0.5) is 0 Å². The quantitative estimate of drug-likeness (QED) is 0.783. The van der Waals surface area contributed by atoms with Gasteiger partial charge in [0.25, 0.3) is 5.97 Å². The van der Waals surface area contributed by atoms with Gasteiger partial charge in [-0.3, -0.25) is 14.9 Å². The van der Waals surface area contributed by atoms with Crippen molar-refractivity contribution in [1.82, 2.24) is 25.0 Å². The lowest BCUT2D eigenvalue weighted by molar-refractivity contribution is -0.134. The third-order valence-electron chi connectivity index (χ3n) is 3.01. The molecule has 0 saturated carbocycles. The molecule has 0 fully saturated rings. The topological polar surface area (TPSA) is 100 Å². The molecule has 1 amide bonds. The Morgan fingerprint density at radius 1 is 1.55 bits per heavy atom. The number of carboxylic acids is 1. The molecule has 2 N–H and O–H groups in total. The summed E-state index contributed by atoms with van der Waals surface area (Å²) in [5.74, 6) is 0.0323. The molecule has 1 aliphatic rings. The number of amides is 1. The van der Waals surface area contributed by atoms with Crippen molar-refractivity contribution in [3.8, 4) is 0 Å². The number of likely N-dealkylation sites (N-methyl/N-ethyl adjacent to an activating group) is 1. The second-order valence-electron chi connectivity index (χ2n) is 5.28. The molecule has 1 aliphatic heterocycles. The largest absolute Gasteiger partial charge is 0.481 e. The summed E-state index contributed by atoms with van der Waals surface area (Å²) in [6.07, 6.45) is 5.56. The standard InChI is InChI=1S/C12H19N5O.C2H4O2/c1-9(2)17-8-14-15-11(17)7-16(3)12(18)10-5-4-6-13-10;1-2(3)4/h4-5,8-10,13H,6-7H2,1-3H3;1H3,(H,3,4). The van der Waals surface area contributed by atoms with Crippen molar-refractivity contribution in [2.75, 3.05) is 13.6 Å². The summed E-state index contributed by atoms with van der Waals surface area (Å²) in [5.41, 5.74) is 0. The van der Waals surface area contributed by atoms with Gasteiger partial charge in [-0.25, -0.2) is 0 Å². The number of aliphatic carboxylic acids is 1. The van der Waals surface area contributed by atoms with E-state index in [1.807, 2.05) is 16.7 Å². The van der Waals surface area contributed by atoms with Crippen molar-refractivity contribution in [3.63, 3.8) is 0 Å². The Morgan fingerprint density at radius 2 is 2.18 bits per heavy atom. The maximum atomic E-state index is 12.1. The fourth-order valence-corrected chi connectivity index (χ4v) is 1.98. The van der Waals surface area contributed by atoms with E-state index < -0.39 is 5.97 Å². The van der Waals surface area contributed by atoms with Crippen LogP contribution in [0.15, 0.2) is 18.5 Å². The smallest absolute Gasteiger partial charge is 0.300 e. The number of hydrogen-bond donors (Lipinski definition) is 2. The van der Waals surface area contributed by atoms with Gasteiger partial charge in [0.15, 0.2) is 5.82 Å². The Labute approximate surface area is 129 Å². The maximum absolute atomic E-state index is 12.1. The number of carbonyl (C=O) groups is 2. The molecule has 8 heteroatoms. The summed E-state index contributed by atoms with van der Waals surface area (Å²) in [4.78, 5) is 22.8. The average molecular weight is 309 g/mol. The van der Waals surface area contributed by atoms with Gasteiger partial charge in [0.2, 0.25) is 5.91 Å². The zero-order chi connectivity index (χ0) is 16.7. The minimum atomic E-state index is -0.833. The molecule has 22 heavy (non-hydrogen) atoms. The van der Waals surface area contributed by atoms with Crippen LogP contribution in [0.2, 0.25) is 0 Å². The molecule has 0 spiro atoms. The average Bonchev–Trinajstić information content (AvgIpc) is 3.07. The second-order valence-corrected chi connectivity index (χ2v) is 5.28. The minimum Gasteiger partial charge on any atom is -0.481 e. The Balaban J connectivity index is 0.000000541. The molecule has 2 rings (SSSR count). The summed E-state index contributed by atoms with van der Waals surface area (Å²) >= 11 is 0.